The molecule has 1 aromatic rings. The van der Waals surface area contributed by atoms with Crippen molar-refractivity contribution in [1.29, 1.82) is 0 Å². The second-order valence-electron chi connectivity index (χ2n) is 4.26. The average molecular weight is 271 g/mol. The summed E-state index contributed by atoms with van der Waals surface area (Å²) in [5.74, 6) is 1.55. The van der Waals surface area contributed by atoms with Crippen LogP contribution in [0.25, 0.3) is 0 Å². The molecule has 0 amide bonds. The molecule has 0 spiro atoms. The van der Waals surface area contributed by atoms with Gasteiger partial charge in [0, 0.05) is 12.5 Å². The zero-order valence-electron chi connectivity index (χ0n) is 8.67. The van der Waals surface area contributed by atoms with Crippen LogP contribution in [0.2, 0.25) is 0 Å². The summed E-state index contributed by atoms with van der Waals surface area (Å²) < 4.78 is 6.16. The van der Waals surface area contributed by atoms with Crippen molar-refractivity contribution in [1.82, 2.24) is 0 Å². The number of halogens is 1. The first kappa shape index (κ1) is 10.9. The standard InChI is InChI=1S/C12H15BrO2/c13-12-7-10(8-14)11(15-12)6-9-4-2-1-3-5-9/h7-9H,1-6H2. The number of hydrogen-bond donors (Lipinski definition) is 0. The van der Waals surface area contributed by atoms with Gasteiger partial charge in [0.1, 0.15) is 5.76 Å². The first-order chi connectivity index (χ1) is 7.29. The molecule has 1 aliphatic rings. The minimum atomic E-state index is 0.662. The van der Waals surface area contributed by atoms with Crippen molar-refractivity contribution in [3.05, 3.63) is 22.1 Å². The maximum absolute atomic E-state index is 10.8. The van der Waals surface area contributed by atoms with Gasteiger partial charge in [0.25, 0.3) is 0 Å². The molecule has 0 N–H and O–H groups in total. The van der Waals surface area contributed by atoms with Gasteiger partial charge in [0.05, 0.1) is 5.56 Å². The molecule has 0 radical (unpaired) electrons. The molecule has 3 heteroatoms. The van der Waals surface area contributed by atoms with Crippen molar-refractivity contribution in [2.75, 3.05) is 0 Å². The van der Waals surface area contributed by atoms with Crippen LogP contribution in [-0.4, -0.2) is 6.29 Å². The second-order valence-corrected chi connectivity index (χ2v) is 5.04. The van der Waals surface area contributed by atoms with Crippen molar-refractivity contribution < 1.29 is 9.21 Å². The lowest BCUT2D eigenvalue weighted by Crippen LogP contribution is -2.09. The Hall–Kier alpha value is -0.570. The predicted octanol–water partition coefficient (Wildman–Crippen LogP) is 3.98. The molecule has 1 fully saturated rings. The Morgan fingerprint density at radius 1 is 1.40 bits per heavy atom. The molecule has 1 saturated carbocycles. The van der Waals surface area contributed by atoms with E-state index in [9.17, 15) is 4.79 Å². The lowest BCUT2D eigenvalue weighted by Gasteiger charge is -2.20. The van der Waals surface area contributed by atoms with Gasteiger partial charge in [-0.2, -0.15) is 0 Å². The van der Waals surface area contributed by atoms with Crippen LogP contribution in [0, 0.1) is 5.92 Å². The Balaban J connectivity index is 2.05. The van der Waals surface area contributed by atoms with E-state index in [-0.39, 0.29) is 0 Å². The molecule has 0 bridgehead atoms. The van der Waals surface area contributed by atoms with E-state index in [0.717, 1.165) is 18.5 Å². The maximum atomic E-state index is 10.8. The Labute approximate surface area is 98.2 Å². The van der Waals surface area contributed by atoms with Gasteiger partial charge in [-0.25, -0.2) is 0 Å². The van der Waals surface area contributed by atoms with E-state index in [1.165, 1.54) is 32.1 Å². The van der Waals surface area contributed by atoms with Gasteiger partial charge in [-0.3, -0.25) is 4.79 Å². The molecular formula is C12H15BrO2. The van der Waals surface area contributed by atoms with E-state index in [0.29, 0.717) is 16.2 Å². The molecule has 82 valence electrons. The monoisotopic (exact) mass is 270 g/mol. The fraction of sp³-hybridized carbons (Fsp3) is 0.583. The molecule has 2 rings (SSSR count). The molecule has 15 heavy (non-hydrogen) atoms. The van der Waals surface area contributed by atoms with Crippen LogP contribution in [0.5, 0.6) is 0 Å². The highest BCUT2D eigenvalue weighted by Gasteiger charge is 2.18. The number of carbonyl (C=O) groups excluding carboxylic acids is 1. The topological polar surface area (TPSA) is 30.2 Å². The molecule has 0 aromatic carbocycles. The van der Waals surface area contributed by atoms with Crippen LogP contribution in [0.1, 0.15) is 48.2 Å². The third-order valence-electron chi connectivity index (χ3n) is 3.14. The van der Waals surface area contributed by atoms with Crippen molar-refractivity contribution >= 4 is 22.2 Å². The summed E-state index contributed by atoms with van der Waals surface area (Å²) in [6, 6.07) is 1.76. The van der Waals surface area contributed by atoms with Crippen LogP contribution >= 0.6 is 15.9 Å². The summed E-state index contributed by atoms with van der Waals surface area (Å²) in [6.45, 7) is 0. The first-order valence-corrected chi connectivity index (χ1v) is 6.32. The van der Waals surface area contributed by atoms with Gasteiger partial charge in [0.15, 0.2) is 11.0 Å². The van der Waals surface area contributed by atoms with Crippen molar-refractivity contribution in [3.8, 4) is 0 Å². The summed E-state index contributed by atoms with van der Waals surface area (Å²) in [6.07, 6.45) is 8.35. The summed E-state index contributed by atoms with van der Waals surface area (Å²) in [4.78, 5) is 10.8. The Morgan fingerprint density at radius 2 is 2.13 bits per heavy atom. The Kier molecular flexibility index (Phi) is 3.62. The van der Waals surface area contributed by atoms with E-state index in [4.69, 9.17) is 4.42 Å². The Morgan fingerprint density at radius 3 is 2.80 bits per heavy atom. The van der Waals surface area contributed by atoms with E-state index in [2.05, 4.69) is 15.9 Å². The highest BCUT2D eigenvalue weighted by atomic mass is 79.9. The normalized spacial score (nSPS) is 17.9. The van der Waals surface area contributed by atoms with Crippen LogP contribution in [0.4, 0.5) is 0 Å². The van der Waals surface area contributed by atoms with Crippen LogP contribution in [0.15, 0.2) is 15.2 Å². The van der Waals surface area contributed by atoms with Crippen molar-refractivity contribution in [2.24, 2.45) is 5.92 Å². The third kappa shape index (κ3) is 2.71. The molecule has 2 nitrogen and oxygen atoms in total. The molecule has 1 aliphatic carbocycles. The first-order valence-electron chi connectivity index (χ1n) is 5.53. The zero-order chi connectivity index (χ0) is 10.7. The molecule has 1 heterocycles. The fourth-order valence-corrected chi connectivity index (χ4v) is 2.76. The van der Waals surface area contributed by atoms with Crippen LogP contribution in [-0.2, 0) is 6.42 Å². The fourth-order valence-electron chi connectivity index (χ4n) is 2.32. The summed E-state index contributed by atoms with van der Waals surface area (Å²) >= 11 is 3.26. The zero-order valence-corrected chi connectivity index (χ0v) is 10.3. The van der Waals surface area contributed by atoms with Gasteiger partial charge in [-0.15, -0.1) is 0 Å². The lowest BCUT2D eigenvalue weighted by molar-refractivity contribution is 0.112. The molecule has 0 atom stereocenters. The summed E-state index contributed by atoms with van der Waals surface area (Å²) in [7, 11) is 0. The average Bonchev–Trinajstić information content (AvgIpc) is 2.60. The maximum Gasteiger partial charge on any atom is 0.170 e. The Bertz CT molecular complexity index is 337. The number of rotatable bonds is 3. The van der Waals surface area contributed by atoms with Crippen molar-refractivity contribution in [2.45, 2.75) is 38.5 Å². The lowest BCUT2D eigenvalue weighted by atomic mass is 9.86. The van der Waals surface area contributed by atoms with Crippen LogP contribution < -0.4 is 0 Å². The number of hydrogen-bond acceptors (Lipinski definition) is 2. The van der Waals surface area contributed by atoms with E-state index >= 15 is 0 Å². The smallest absolute Gasteiger partial charge is 0.170 e. The number of furan rings is 1. The van der Waals surface area contributed by atoms with Gasteiger partial charge >= 0.3 is 0 Å². The van der Waals surface area contributed by atoms with Gasteiger partial charge in [0.2, 0.25) is 0 Å². The van der Waals surface area contributed by atoms with Gasteiger partial charge in [-0.1, -0.05) is 32.1 Å². The number of carbonyl (C=O) groups is 1. The molecule has 0 aliphatic heterocycles. The van der Waals surface area contributed by atoms with E-state index in [1.807, 2.05) is 0 Å². The highest BCUT2D eigenvalue weighted by molar-refractivity contribution is 9.10. The molecule has 0 saturated heterocycles. The minimum absolute atomic E-state index is 0.662. The van der Waals surface area contributed by atoms with Gasteiger partial charge < -0.3 is 4.42 Å². The third-order valence-corrected chi connectivity index (χ3v) is 3.53. The van der Waals surface area contributed by atoms with Crippen molar-refractivity contribution in [3.63, 3.8) is 0 Å². The van der Waals surface area contributed by atoms with Gasteiger partial charge in [-0.05, 0) is 21.8 Å². The quantitative estimate of drug-likeness (QED) is 0.778. The highest BCUT2D eigenvalue weighted by Crippen LogP contribution is 2.29. The molecular weight excluding hydrogens is 256 g/mol. The van der Waals surface area contributed by atoms with E-state index < -0.39 is 0 Å². The molecule has 1 aromatic heterocycles. The largest absolute Gasteiger partial charge is 0.454 e. The summed E-state index contributed by atoms with van der Waals surface area (Å²) in [5.41, 5.74) is 0.701. The minimum Gasteiger partial charge on any atom is -0.454 e. The number of aldehydes is 1. The predicted molar refractivity (Wildman–Crippen MR) is 62.1 cm³/mol. The van der Waals surface area contributed by atoms with E-state index in [1.54, 1.807) is 6.07 Å². The summed E-state index contributed by atoms with van der Waals surface area (Å²) in [5, 5.41) is 0. The molecule has 0 unspecified atom stereocenters. The second kappa shape index (κ2) is 4.97. The van der Waals surface area contributed by atoms with Crippen LogP contribution in [0.3, 0.4) is 0 Å². The SMILES string of the molecule is O=Cc1cc(Br)oc1CC1CCCCC1.